The van der Waals surface area contributed by atoms with Crippen LogP contribution >= 0.6 is 0 Å². The van der Waals surface area contributed by atoms with E-state index in [1.165, 1.54) is 12.3 Å². The quantitative estimate of drug-likeness (QED) is 0.720. The third-order valence-electron chi connectivity index (χ3n) is 1.83. The van der Waals surface area contributed by atoms with Crippen molar-refractivity contribution in [2.45, 2.75) is 13.0 Å². The minimum Gasteiger partial charge on any atom is -0.308 e. The zero-order chi connectivity index (χ0) is 9.84. The molecule has 0 aromatic carbocycles. The van der Waals surface area contributed by atoms with Crippen molar-refractivity contribution in [2.24, 2.45) is 0 Å². The van der Waals surface area contributed by atoms with Gasteiger partial charge in [0.05, 0.1) is 17.9 Å². The topological polar surface area (TPSA) is 24.9 Å². The lowest BCUT2D eigenvalue weighted by Crippen LogP contribution is -2.18. The van der Waals surface area contributed by atoms with Gasteiger partial charge in [0.25, 0.3) is 0 Å². The molecular formula is C10H13FN2. The summed E-state index contributed by atoms with van der Waals surface area (Å²) >= 11 is 0. The minimum atomic E-state index is -0.319. The van der Waals surface area contributed by atoms with E-state index in [2.05, 4.69) is 16.9 Å². The Bertz CT molecular complexity index is 292. The zero-order valence-corrected chi connectivity index (χ0v) is 7.84. The molecule has 0 bridgehead atoms. The lowest BCUT2D eigenvalue weighted by atomic mass is 10.1. The molecule has 1 aromatic heterocycles. The second-order valence-corrected chi connectivity index (χ2v) is 2.97. The molecule has 0 aliphatic heterocycles. The van der Waals surface area contributed by atoms with Gasteiger partial charge in [0, 0.05) is 0 Å². The van der Waals surface area contributed by atoms with Gasteiger partial charge in [-0.2, -0.15) is 0 Å². The summed E-state index contributed by atoms with van der Waals surface area (Å²) in [5.41, 5.74) is 1.75. The van der Waals surface area contributed by atoms with Gasteiger partial charge in [-0.3, -0.25) is 4.98 Å². The Hall–Kier alpha value is -1.22. The summed E-state index contributed by atoms with van der Waals surface area (Å²) in [6.07, 6.45) is 1.21. The maximum atomic E-state index is 12.5. The second-order valence-electron chi connectivity index (χ2n) is 2.97. The van der Waals surface area contributed by atoms with Crippen LogP contribution in [0.3, 0.4) is 0 Å². The number of aromatic nitrogens is 1. The van der Waals surface area contributed by atoms with Crippen molar-refractivity contribution in [2.75, 3.05) is 7.05 Å². The van der Waals surface area contributed by atoms with Crippen molar-refractivity contribution >= 4 is 0 Å². The molecule has 0 saturated heterocycles. The molecule has 1 N–H and O–H groups in total. The first-order chi connectivity index (χ1) is 6.15. The largest absolute Gasteiger partial charge is 0.308 e. The van der Waals surface area contributed by atoms with E-state index in [1.807, 2.05) is 14.0 Å². The van der Waals surface area contributed by atoms with Crippen molar-refractivity contribution in [3.8, 4) is 0 Å². The Balaban J connectivity index is 2.92. The fraction of sp³-hybridized carbons (Fsp3) is 0.300. The van der Waals surface area contributed by atoms with E-state index in [0.717, 1.165) is 11.3 Å². The number of halogens is 1. The molecule has 0 fully saturated rings. The molecule has 0 radical (unpaired) electrons. The molecular weight excluding hydrogens is 167 g/mol. The summed E-state index contributed by atoms with van der Waals surface area (Å²) in [6.45, 7) is 5.74. The molecule has 1 heterocycles. The zero-order valence-electron chi connectivity index (χ0n) is 7.84. The van der Waals surface area contributed by atoms with E-state index in [4.69, 9.17) is 0 Å². The molecule has 0 aliphatic carbocycles. The summed E-state index contributed by atoms with van der Waals surface area (Å²) in [4.78, 5) is 3.97. The molecule has 2 nitrogen and oxygen atoms in total. The molecule has 13 heavy (non-hydrogen) atoms. The lowest BCUT2D eigenvalue weighted by molar-refractivity contribution is 0.608. The predicted molar refractivity (Wildman–Crippen MR) is 50.8 cm³/mol. The van der Waals surface area contributed by atoms with E-state index in [-0.39, 0.29) is 11.9 Å². The molecule has 1 rings (SSSR count). The van der Waals surface area contributed by atoms with E-state index >= 15 is 0 Å². The van der Waals surface area contributed by atoms with Gasteiger partial charge >= 0.3 is 0 Å². The fourth-order valence-corrected chi connectivity index (χ4v) is 1.20. The van der Waals surface area contributed by atoms with Gasteiger partial charge in [-0.25, -0.2) is 4.39 Å². The molecule has 0 aliphatic rings. The average Bonchev–Trinajstić information content (AvgIpc) is 2.09. The molecule has 1 unspecified atom stereocenters. The van der Waals surface area contributed by atoms with Crippen LogP contribution in [0.2, 0.25) is 0 Å². The van der Waals surface area contributed by atoms with Gasteiger partial charge in [-0.1, -0.05) is 12.2 Å². The number of nitrogens with zero attached hydrogens (tertiary/aromatic N) is 1. The summed E-state index contributed by atoms with van der Waals surface area (Å²) in [5, 5.41) is 3.05. The number of pyridine rings is 1. The number of rotatable bonds is 3. The van der Waals surface area contributed by atoms with Crippen molar-refractivity contribution in [3.63, 3.8) is 0 Å². The molecule has 0 saturated carbocycles. The van der Waals surface area contributed by atoms with Crippen LogP contribution in [0.4, 0.5) is 4.39 Å². The Morgan fingerprint density at radius 3 is 2.69 bits per heavy atom. The summed E-state index contributed by atoms with van der Waals surface area (Å²) in [6, 6.07) is 3.06. The van der Waals surface area contributed by atoms with Crippen LogP contribution in [0.1, 0.15) is 18.7 Å². The third-order valence-corrected chi connectivity index (χ3v) is 1.83. The first kappa shape index (κ1) is 9.86. The van der Waals surface area contributed by atoms with Gasteiger partial charge in [-0.05, 0) is 26.1 Å². The van der Waals surface area contributed by atoms with Crippen LogP contribution in [0.15, 0.2) is 30.5 Å². The Labute approximate surface area is 77.5 Å². The molecule has 70 valence electrons. The summed E-state index contributed by atoms with van der Waals surface area (Å²) in [5.74, 6) is -0.319. The van der Waals surface area contributed by atoms with Crippen LogP contribution in [0.5, 0.6) is 0 Å². The van der Waals surface area contributed by atoms with Gasteiger partial charge in [0.15, 0.2) is 0 Å². The predicted octanol–water partition coefficient (Wildman–Crippen LogP) is 2.06. The van der Waals surface area contributed by atoms with Crippen LogP contribution in [-0.4, -0.2) is 12.0 Å². The lowest BCUT2D eigenvalue weighted by Gasteiger charge is -2.14. The van der Waals surface area contributed by atoms with Crippen molar-refractivity contribution < 1.29 is 4.39 Å². The highest BCUT2D eigenvalue weighted by atomic mass is 19.1. The molecule has 0 amide bonds. The molecule has 1 aromatic rings. The van der Waals surface area contributed by atoms with Gasteiger partial charge in [0.1, 0.15) is 5.82 Å². The maximum Gasteiger partial charge on any atom is 0.141 e. The molecule has 0 spiro atoms. The second kappa shape index (κ2) is 4.14. The van der Waals surface area contributed by atoms with E-state index < -0.39 is 0 Å². The standard InChI is InChI=1S/C10H13FN2/c1-7(2)10(12-3)9-5-4-8(11)6-13-9/h4-6,10,12H,1H2,2-3H3. The highest BCUT2D eigenvalue weighted by Crippen LogP contribution is 2.16. The maximum absolute atomic E-state index is 12.5. The van der Waals surface area contributed by atoms with Gasteiger partial charge in [0.2, 0.25) is 0 Å². The number of likely N-dealkylation sites (N-methyl/N-ethyl adjacent to an activating group) is 1. The van der Waals surface area contributed by atoms with Crippen molar-refractivity contribution in [1.29, 1.82) is 0 Å². The van der Waals surface area contributed by atoms with Crippen LogP contribution in [0.25, 0.3) is 0 Å². The first-order valence-electron chi connectivity index (χ1n) is 4.09. The summed E-state index contributed by atoms with van der Waals surface area (Å²) < 4.78 is 12.5. The molecule has 1 atom stereocenters. The molecule has 3 heteroatoms. The normalized spacial score (nSPS) is 12.5. The first-order valence-corrected chi connectivity index (χ1v) is 4.09. The number of hydrogen-bond acceptors (Lipinski definition) is 2. The Kier molecular flexibility index (Phi) is 3.14. The average molecular weight is 180 g/mol. The van der Waals surface area contributed by atoms with Crippen LogP contribution in [0, 0.1) is 5.82 Å². The Morgan fingerprint density at radius 1 is 1.62 bits per heavy atom. The van der Waals surface area contributed by atoms with E-state index in [0.29, 0.717) is 0 Å². The monoisotopic (exact) mass is 180 g/mol. The highest BCUT2D eigenvalue weighted by molar-refractivity contribution is 5.18. The Morgan fingerprint density at radius 2 is 2.31 bits per heavy atom. The fourth-order valence-electron chi connectivity index (χ4n) is 1.20. The van der Waals surface area contributed by atoms with E-state index in [9.17, 15) is 4.39 Å². The number of nitrogens with one attached hydrogen (secondary N) is 1. The van der Waals surface area contributed by atoms with Crippen LogP contribution < -0.4 is 5.32 Å². The van der Waals surface area contributed by atoms with Crippen molar-refractivity contribution in [3.05, 3.63) is 42.0 Å². The van der Waals surface area contributed by atoms with E-state index in [1.54, 1.807) is 6.07 Å². The van der Waals surface area contributed by atoms with Crippen LogP contribution in [-0.2, 0) is 0 Å². The SMILES string of the molecule is C=C(C)C(NC)c1ccc(F)cn1. The highest BCUT2D eigenvalue weighted by Gasteiger charge is 2.10. The number of hydrogen-bond donors (Lipinski definition) is 1. The summed E-state index contributed by atoms with van der Waals surface area (Å²) in [7, 11) is 1.82. The smallest absolute Gasteiger partial charge is 0.141 e. The van der Waals surface area contributed by atoms with Crippen molar-refractivity contribution in [1.82, 2.24) is 10.3 Å². The third kappa shape index (κ3) is 2.36. The van der Waals surface area contributed by atoms with Gasteiger partial charge < -0.3 is 5.32 Å². The minimum absolute atomic E-state index is 0.000556. The van der Waals surface area contributed by atoms with Gasteiger partial charge in [-0.15, -0.1) is 0 Å².